The summed E-state index contributed by atoms with van der Waals surface area (Å²) in [6.07, 6.45) is 0. The molecule has 18 heavy (non-hydrogen) atoms. The van der Waals surface area contributed by atoms with Gasteiger partial charge in [0.2, 0.25) is 17.0 Å². The number of nitrogens with one attached hydrogen (secondary N) is 2. The first-order valence-electron chi connectivity index (χ1n) is 5.21. The zero-order valence-corrected chi connectivity index (χ0v) is 12.0. The maximum Gasteiger partial charge on any atom is 0.226 e. The third-order valence-corrected chi connectivity index (χ3v) is 3.49. The van der Waals surface area contributed by atoms with Crippen LogP contribution in [-0.4, -0.2) is 21.1 Å². The van der Waals surface area contributed by atoms with Crippen LogP contribution >= 0.6 is 27.7 Å². The van der Waals surface area contributed by atoms with Gasteiger partial charge in [0.05, 0.1) is 0 Å². The Kier molecular flexibility index (Phi) is 4.38. The van der Waals surface area contributed by atoms with Crippen molar-refractivity contribution in [2.45, 2.75) is 17.8 Å². The lowest BCUT2D eigenvalue weighted by Crippen LogP contribution is -2.06. The zero-order valence-electron chi connectivity index (χ0n) is 9.61. The molecule has 0 aliphatic heterocycles. The van der Waals surface area contributed by atoms with Gasteiger partial charge in [-0.05, 0) is 17.7 Å². The molecule has 2 rings (SSSR count). The Hall–Kier alpha value is -1.34. The molecule has 1 aromatic carbocycles. The van der Waals surface area contributed by atoms with Crippen molar-refractivity contribution >= 4 is 39.5 Å². The Bertz CT molecular complexity index is 540. The standard InChI is InChI=1S/C11H11BrN4OS/c1-7(17)13-10-14-11(16-15-10)18-6-8-2-4-9(12)5-3-8/h2-5H,6H2,1H3,(H2,13,14,15,16,17). The van der Waals surface area contributed by atoms with Gasteiger partial charge in [0.25, 0.3) is 0 Å². The van der Waals surface area contributed by atoms with E-state index < -0.39 is 0 Å². The molecule has 0 atom stereocenters. The van der Waals surface area contributed by atoms with Gasteiger partial charge in [0.1, 0.15) is 0 Å². The number of carbonyl (C=O) groups is 1. The molecule has 0 spiro atoms. The van der Waals surface area contributed by atoms with Gasteiger partial charge < -0.3 is 0 Å². The number of thioether (sulfide) groups is 1. The molecule has 1 aromatic heterocycles. The first kappa shape index (κ1) is 13.1. The van der Waals surface area contributed by atoms with Gasteiger partial charge in [-0.15, -0.1) is 5.10 Å². The van der Waals surface area contributed by atoms with Crippen molar-refractivity contribution in [1.29, 1.82) is 0 Å². The Morgan fingerprint density at radius 3 is 2.83 bits per heavy atom. The highest BCUT2D eigenvalue weighted by Crippen LogP contribution is 2.21. The van der Waals surface area contributed by atoms with Crippen LogP contribution < -0.4 is 5.32 Å². The van der Waals surface area contributed by atoms with Crippen LogP contribution in [0.3, 0.4) is 0 Å². The van der Waals surface area contributed by atoms with Crippen LogP contribution in [0.15, 0.2) is 33.9 Å². The first-order valence-corrected chi connectivity index (χ1v) is 6.98. The quantitative estimate of drug-likeness (QED) is 0.847. The van der Waals surface area contributed by atoms with Crippen molar-refractivity contribution in [3.63, 3.8) is 0 Å². The van der Waals surface area contributed by atoms with Gasteiger partial charge >= 0.3 is 0 Å². The number of aromatic amines is 1. The normalized spacial score (nSPS) is 10.3. The highest BCUT2D eigenvalue weighted by molar-refractivity contribution is 9.10. The van der Waals surface area contributed by atoms with E-state index in [4.69, 9.17) is 0 Å². The largest absolute Gasteiger partial charge is 0.295 e. The number of anilines is 1. The number of halogens is 1. The van der Waals surface area contributed by atoms with E-state index in [1.54, 1.807) is 0 Å². The summed E-state index contributed by atoms with van der Waals surface area (Å²) >= 11 is 4.90. The molecule has 1 amide bonds. The lowest BCUT2D eigenvalue weighted by molar-refractivity contribution is -0.114. The van der Waals surface area contributed by atoms with E-state index >= 15 is 0 Å². The number of amides is 1. The summed E-state index contributed by atoms with van der Waals surface area (Å²) in [5.41, 5.74) is 1.19. The molecule has 0 radical (unpaired) electrons. The van der Waals surface area contributed by atoms with Crippen LogP contribution in [0.25, 0.3) is 0 Å². The van der Waals surface area contributed by atoms with Crippen molar-refractivity contribution < 1.29 is 4.79 Å². The van der Waals surface area contributed by atoms with Crippen molar-refractivity contribution in [2.75, 3.05) is 5.32 Å². The van der Waals surface area contributed by atoms with Crippen LogP contribution in [0, 0.1) is 0 Å². The second-order valence-corrected chi connectivity index (χ2v) is 5.42. The molecule has 0 aliphatic carbocycles. The maximum atomic E-state index is 10.8. The van der Waals surface area contributed by atoms with E-state index in [1.165, 1.54) is 24.2 Å². The minimum absolute atomic E-state index is 0.171. The molecule has 0 fully saturated rings. The molecular formula is C11H11BrN4OS. The Morgan fingerprint density at radius 2 is 2.17 bits per heavy atom. The average molecular weight is 327 g/mol. The number of hydrogen-bond donors (Lipinski definition) is 2. The molecule has 0 unspecified atom stereocenters. The molecule has 1 heterocycles. The number of rotatable bonds is 4. The third kappa shape index (κ3) is 3.85. The smallest absolute Gasteiger partial charge is 0.226 e. The molecule has 94 valence electrons. The van der Waals surface area contributed by atoms with Gasteiger partial charge in [-0.2, -0.15) is 4.98 Å². The van der Waals surface area contributed by atoms with Crippen LogP contribution in [0.2, 0.25) is 0 Å². The molecule has 7 heteroatoms. The average Bonchev–Trinajstić information content (AvgIpc) is 2.75. The third-order valence-electron chi connectivity index (χ3n) is 2.04. The van der Waals surface area contributed by atoms with Crippen LogP contribution in [-0.2, 0) is 10.5 Å². The van der Waals surface area contributed by atoms with E-state index in [-0.39, 0.29) is 5.91 Å². The van der Waals surface area contributed by atoms with E-state index in [1.807, 2.05) is 24.3 Å². The molecule has 0 saturated heterocycles. The number of benzene rings is 1. The summed E-state index contributed by atoms with van der Waals surface area (Å²) in [7, 11) is 0. The van der Waals surface area contributed by atoms with Gasteiger partial charge in [-0.1, -0.05) is 39.8 Å². The maximum absolute atomic E-state index is 10.8. The summed E-state index contributed by atoms with van der Waals surface area (Å²) in [4.78, 5) is 15.0. The van der Waals surface area contributed by atoms with Crippen LogP contribution in [0.4, 0.5) is 5.95 Å². The minimum Gasteiger partial charge on any atom is -0.295 e. The van der Waals surface area contributed by atoms with Crippen molar-refractivity contribution in [1.82, 2.24) is 15.2 Å². The van der Waals surface area contributed by atoms with Crippen LogP contribution in [0.1, 0.15) is 12.5 Å². The second kappa shape index (κ2) is 6.01. The number of nitrogens with zero attached hydrogens (tertiary/aromatic N) is 2. The van der Waals surface area contributed by atoms with Gasteiger partial charge in [-0.3, -0.25) is 10.1 Å². The molecule has 0 aliphatic rings. The first-order chi connectivity index (χ1) is 8.63. The number of hydrogen-bond acceptors (Lipinski definition) is 4. The van der Waals surface area contributed by atoms with E-state index in [0.717, 1.165) is 10.2 Å². The SMILES string of the molecule is CC(=O)Nc1nc(SCc2ccc(Br)cc2)n[nH]1. The topological polar surface area (TPSA) is 70.7 Å². The monoisotopic (exact) mass is 326 g/mol. The molecule has 0 bridgehead atoms. The van der Waals surface area contributed by atoms with E-state index in [0.29, 0.717) is 11.1 Å². The summed E-state index contributed by atoms with van der Waals surface area (Å²) in [5, 5.41) is 9.82. The summed E-state index contributed by atoms with van der Waals surface area (Å²) in [5.74, 6) is 0.987. The minimum atomic E-state index is -0.171. The fraction of sp³-hybridized carbons (Fsp3) is 0.182. The fourth-order valence-electron chi connectivity index (χ4n) is 1.26. The molecule has 2 N–H and O–H groups in total. The molecule has 2 aromatic rings. The van der Waals surface area contributed by atoms with Gasteiger partial charge in [0.15, 0.2) is 0 Å². The van der Waals surface area contributed by atoms with Gasteiger partial charge in [-0.25, -0.2) is 5.10 Å². The van der Waals surface area contributed by atoms with Crippen molar-refractivity contribution in [2.24, 2.45) is 0 Å². The van der Waals surface area contributed by atoms with Crippen molar-refractivity contribution in [3.05, 3.63) is 34.3 Å². The number of aromatic nitrogens is 3. The number of H-pyrrole nitrogens is 1. The molecule has 0 saturated carbocycles. The molecular weight excluding hydrogens is 316 g/mol. The predicted octanol–water partition coefficient (Wildman–Crippen LogP) is 2.82. The lowest BCUT2D eigenvalue weighted by Gasteiger charge is -1.98. The van der Waals surface area contributed by atoms with Gasteiger partial charge in [0, 0.05) is 17.1 Å². The lowest BCUT2D eigenvalue weighted by atomic mass is 10.2. The fourth-order valence-corrected chi connectivity index (χ4v) is 2.28. The highest BCUT2D eigenvalue weighted by Gasteiger charge is 2.05. The number of carbonyl (C=O) groups excluding carboxylic acids is 1. The van der Waals surface area contributed by atoms with E-state index in [9.17, 15) is 4.79 Å². The summed E-state index contributed by atoms with van der Waals surface area (Å²) < 4.78 is 1.06. The second-order valence-electron chi connectivity index (χ2n) is 3.56. The van der Waals surface area contributed by atoms with E-state index in [2.05, 4.69) is 36.4 Å². The highest BCUT2D eigenvalue weighted by atomic mass is 79.9. The summed E-state index contributed by atoms with van der Waals surface area (Å²) in [6.45, 7) is 1.43. The predicted molar refractivity (Wildman–Crippen MR) is 74.4 cm³/mol. The molecule has 5 nitrogen and oxygen atoms in total. The Labute approximate surface area is 117 Å². The zero-order chi connectivity index (χ0) is 13.0. The Balaban J connectivity index is 1.92. The van der Waals surface area contributed by atoms with Crippen molar-refractivity contribution in [3.8, 4) is 0 Å². The van der Waals surface area contributed by atoms with Crippen LogP contribution in [0.5, 0.6) is 0 Å². The Morgan fingerprint density at radius 1 is 1.44 bits per heavy atom. The summed E-state index contributed by atoms with van der Waals surface area (Å²) in [6, 6.07) is 8.07.